The fraction of sp³-hybridized carbons (Fsp3) is 1.00. The maximum atomic E-state index is 10.2. The van der Waals surface area contributed by atoms with Gasteiger partial charge in [-0.05, 0) is 26.7 Å². The molecule has 14 heavy (non-hydrogen) atoms. The molecule has 84 valence electrons. The van der Waals surface area contributed by atoms with E-state index in [0.717, 1.165) is 24.3 Å². The van der Waals surface area contributed by atoms with Crippen LogP contribution >= 0.6 is 11.8 Å². The van der Waals surface area contributed by atoms with Gasteiger partial charge in [0.05, 0.1) is 5.60 Å². The normalized spacial score (nSPS) is 22.3. The van der Waals surface area contributed by atoms with E-state index in [4.69, 9.17) is 5.73 Å². The Morgan fingerprint density at radius 1 is 1.29 bits per heavy atom. The third kappa shape index (κ3) is 4.67. The quantitative estimate of drug-likeness (QED) is 0.758. The van der Waals surface area contributed by atoms with Gasteiger partial charge in [0.15, 0.2) is 0 Å². The second-order valence-corrected chi connectivity index (χ2v) is 6.25. The van der Waals surface area contributed by atoms with E-state index in [1.54, 1.807) is 11.8 Å². The van der Waals surface area contributed by atoms with Gasteiger partial charge in [0, 0.05) is 17.0 Å². The lowest BCUT2D eigenvalue weighted by molar-refractivity contribution is 0.0273. The van der Waals surface area contributed by atoms with Gasteiger partial charge in [0.2, 0.25) is 0 Å². The molecule has 1 saturated carbocycles. The molecule has 1 aliphatic rings. The van der Waals surface area contributed by atoms with Crippen LogP contribution in [0.3, 0.4) is 0 Å². The lowest BCUT2D eigenvalue weighted by Gasteiger charge is -2.32. The highest BCUT2D eigenvalue weighted by atomic mass is 32.2. The van der Waals surface area contributed by atoms with Crippen molar-refractivity contribution in [3.63, 3.8) is 0 Å². The second kappa shape index (κ2) is 4.86. The molecule has 1 aliphatic carbocycles. The summed E-state index contributed by atoms with van der Waals surface area (Å²) < 4.78 is 0. The molecular weight excluding hydrogens is 194 g/mol. The van der Waals surface area contributed by atoms with Crippen molar-refractivity contribution in [1.29, 1.82) is 0 Å². The Morgan fingerprint density at radius 2 is 1.86 bits per heavy atom. The van der Waals surface area contributed by atoms with Gasteiger partial charge in [-0.15, -0.1) is 0 Å². The van der Waals surface area contributed by atoms with Crippen LogP contribution in [0, 0.1) is 0 Å². The van der Waals surface area contributed by atoms with Crippen LogP contribution in [0.1, 0.15) is 46.0 Å². The standard InChI is InChI=1S/C11H23NOS/c1-10(2,12)8-14-9-11(13)6-4-3-5-7-11/h13H,3-9,12H2,1-2H3. The van der Waals surface area contributed by atoms with Crippen molar-refractivity contribution in [3.8, 4) is 0 Å². The first-order chi connectivity index (χ1) is 6.41. The zero-order valence-corrected chi connectivity index (χ0v) is 10.2. The first kappa shape index (κ1) is 12.3. The number of aliphatic hydroxyl groups is 1. The van der Waals surface area contributed by atoms with Crippen LogP contribution in [-0.4, -0.2) is 27.8 Å². The van der Waals surface area contributed by atoms with Gasteiger partial charge < -0.3 is 10.8 Å². The summed E-state index contributed by atoms with van der Waals surface area (Å²) in [6.07, 6.45) is 5.61. The Balaban J connectivity index is 2.22. The van der Waals surface area contributed by atoms with Crippen molar-refractivity contribution in [2.75, 3.05) is 11.5 Å². The summed E-state index contributed by atoms with van der Waals surface area (Å²) in [5.41, 5.74) is 5.38. The monoisotopic (exact) mass is 217 g/mol. The molecule has 0 saturated heterocycles. The minimum Gasteiger partial charge on any atom is -0.389 e. The molecule has 3 N–H and O–H groups in total. The maximum absolute atomic E-state index is 10.2. The van der Waals surface area contributed by atoms with Crippen LogP contribution in [0.15, 0.2) is 0 Å². The average Bonchev–Trinajstić information content (AvgIpc) is 2.02. The number of nitrogens with two attached hydrogens (primary N) is 1. The molecule has 0 spiro atoms. The first-order valence-corrected chi connectivity index (χ1v) is 6.66. The van der Waals surface area contributed by atoms with E-state index in [-0.39, 0.29) is 5.54 Å². The molecule has 1 rings (SSSR count). The summed E-state index contributed by atoms with van der Waals surface area (Å²) in [7, 11) is 0. The van der Waals surface area contributed by atoms with Gasteiger partial charge >= 0.3 is 0 Å². The van der Waals surface area contributed by atoms with Crippen LogP contribution in [0.4, 0.5) is 0 Å². The highest BCUT2D eigenvalue weighted by Gasteiger charge is 2.29. The maximum Gasteiger partial charge on any atom is 0.0737 e. The van der Waals surface area contributed by atoms with Gasteiger partial charge in [0.25, 0.3) is 0 Å². The summed E-state index contributed by atoms with van der Waals surface area (Å²) in [6.45, 7) is 4.07. The second-order valence-electron chi connectivity index (χ2n) is 5.27. The highest BCUT2D eigenvalue weighted by molar-refractivity contribution is 7.99. The average molecular weight is 217 g/mol. The van der Waals surface area contributed by atoms with Gasteiger partial charge in [-0.2, -0.15) is 11.8 Å². The van der Waals surface area contributed by atoms with E-state index in [0.29, 0.717) is 0 Å². The van der Waals surface area contributed by atoms with E-state index in [9.17, 15) is 5.11 Å². The molecule has 1 fully saturated rings. The Hall–Kier alpha value is 0.270. The molecule has 0 radical (unpaired) electrons. The zero-order valence-electron chi connectivity index (χ0n) is 9.38. The summed E-state index contributed by atoms with van der Waals surface area (Å²) in [4.78, 5) is 0. The van der Waals surface area contributed by atoms with Crippen LogP contribution < -0.4 is 5.73 Å². The summed E-state index contributed by atoms with van der Waals surface area (Å²) in [5.74, 6) is 1.78. The highest BCUT2D eigenvalue weighted by Crippen LogP contribution is 2.31. The molecule has 0 atom stereocenters. The molecule has 2 nitrogen and oxygen atoms in total. The lowest BCUT2D eigenvalue weighted by atomic mass is 9.86. The van der Waals surface area contributed by atoms with Crippen LogP contribution in [0.5, 0.6) is 0 Å². The van der Waals surface area contributed by atoms with Crippen molar-refractivity contribution in [3.05, 3.63) is 0 Å². The SMILES string of the molecule is CC(C)(N)CSCC1(O)CCCCC1. The summed E-state index contributed by atoms with van der Waals surface area (Å²) >= 11 is 1.79. The third-order valence-corrected chi connectivity index (χ3v) is 4.32. The van der Waals surface area contributed by atoms with E-state index in [2.05, 4.69) is 0 Å². The minimum atomic E-state index is -0.395. The molecule has 3 heteroatoms. The third-order valence-electron chi connectivity index (χ3n) is 2.63. The first-order valence-electron chi connectivity index (χ1n) is 5.50. The van der Waals surface area contributed by atoms with E-state index >= 15 is 0 Å². The van der Waals surface area contributed by atoms with Crippen molar-refractivity contribution in [2.24, 2.45) is 5.73 Å². The fourth-order valence-corrected chi connectivity index (χ4v) is 3.16. The Labute approximate surface area is 91.6 Å². The minimum absolute atomic E-state index is 0.115. The van der Waals surface area contributed by atoms with Crippen LogP contribution in [0.25, 0.3) is 0 Å². The number of hydrogen-bond donors (Lipinski definition) is 2. The number of rotatable bonds is 4. The molecule has 0 aromatic heterocycles. The predicted molar refractivity (Wildman–Crippen MR) is 63.6 cm³/mol. The van der Waals surface area contributed by atoms with Gasteiger partial charge in [0.1, 0.15) is 0 Å². The molecule has 0 heterocycles. The summed E-state index contributed by atoms with van der Waals surface area (Å²) in [5, 5.41) is 10.2. The Kier molecular flexibility index (Phi) is 4.29. The predicted octanol–water partition coefficient (Wildman–Crippen LogP) is 2.15. The largest absolute Gasteiger partial charge is 0.389 e. The molecule has 0 amide bonds. The molecular formula is C11H23NOS. The molecule has 0 aromatic carbocycles. The van der Waals surface area contributed by atoms with Gasteiger partial charge in [-0.1, -0.05) is 19.3 Å². The van der Waals surface area contributed by atoms with Crippen molar-refractivity contribution < 1.29 is 5.11 Å². The molecule has 0 aliphatic heterocycles. The lowest BCUT2D eigenvalue weighted by Crippen LogP contribution is -2.38. The zero-order chi connectivity index (χ0) is 10.7. The Bertz CT molecular complexity index is 171. The topological polar surface area (TPSA) is 46.2 Å². The fourth-order valence-electron chi connectivity index (χ4n) is 1.86. The molecule has 0 bridgehead atoms. The van der Waals surface area contributed by atoms with E-state index in [1.807, 2.05) is 13.8 Å². The van der Waals surface area contributed by atoms with Crippen molar-refractivity contribution >= 4 is 11.8 Å². The smallest absolute Gasteiger partial charge is 0.0737 e. The van der Waals surface area contributed by atoms with Crippen LogP contribution in [0.2, 0.25) is 0 Å². The van der Waals surface area contributed by atoms with Gasteiger partial charge in [-0.3, -0.25) is 0 Å². The van der Waals surface area contributed by atoms with Crippen molar-refractivity contribution in [2.45, 2.75) is 57.1 Å². The van der Waals surface area contributed by atoms with E-state index < -0.39 is 5.60 Å². The van der Waals surface area contributed by atoms with Crippen molar-refractivity contribution in [1.82, 2.24) is 0 Å². The Morgan fingerprint density at radius 3 is 2.36 bits per heavy atom. The molecule has 0 unspecified atom stereocenters. The number of hydrogen-bond acceptors (Lipinski definition) is 3. The van der Waals surface area contributed by atoms with E-state index in [1.165, 1.54) is 19.3 Å². The number of thioether (sulfide) groups is 1. The van der Waals surface area contributed by atoms with Crippen LogP contribution in [-0.2, 0) is 0 Å². The van der Waals surface area contributed by atoms with Gasteiger partial charge in [-0.25, -0.2) is 0 Å². The summed E-state index contributed by atoms with van der Waals surface area (Å²) in [6, 6.07) is 0. The molecule has 0 aromatic rings.